The Morgan fingerprint density at radius 2 is 1.82 bits per heavy atom. The Bertz CT molecular complexity index is 994. The number of carbonyl (C=O) groups excluding carboxylic acids is 1. The fourth-order valence-electron chi connectivity index (χ4n) is 2.29. The van der Waals surface area contributed by atoms with Crippen LogP contribution in [0.3, 0.4) is 0 Å². The molecule has 0 saturated heterocycles. The van der Waals surface area contributed by atoms with Crippen LogP contribution in [-0.2, 0) is 21.0 Å². The van der Waals surface area contributed by atoms with Crippen molar-refractivity contribution in [3.8, 4) is 5.75 Å². The average molecular weight is 437 g/mol. The molecule has 2 rings (SSSR count). The predicted molar refractivity (Wildman–Crippen MR) is 99.2 cm³/mol. The Hall–Kier alpha value is -2.46. The highest BCUT2D eigenvalue weighted by atomic mass is 35.5. The molecule has 152 valence electrons. The molecule has 6 nitrogen and oxygen atoms in total. The van der Waals surface area contributed by atoms with Crippen LogP contribution in [0.4, 0.5) is 24.5 Å². The average Bonchev–Trinajstić information content (AvgIpc) is 2.56. The van der Waals surface area contributed by atoms with Gasteiger partial charge in [0.2, 0.25) is 5.91 Å². The molecule has 0 fully saturated rings. The number of sulfonamides is 1. The maximum atomic E-state index is 13.2. The number of hydrogen-bond donors (Lipinski definition) is 2. The lowest BCUT2D eigenvalue weighted by atomic mass is 10.2. The summed E-state index contributed by atoms with van der Waals surface area (Å²) in [5.41, 5.74) is -1.83. The van der Waals surface area contributed by atoms with Gasteiger partial charge in [0.15, 0.2) is 0 Å². The van der Waals surface area contributed by atoms with Gasteiger partial charge in [0.05, 0.1) is 28.4 Å². The number of carbonyl (C=O) groups is 1. The van der Waals surface area contributed by atoms with Crippen LogP contribution in [0.2, 0.25) is 5.02 Å². The summed E-state index contributed by atoms with van der Waals surface area (Å²) in [6.07, 6.45) is -4.82. The fraction of sp³-hybridized carbons (Fsp3) is 0.235. The SMILES string of the molecule is CCOc1ccc(S(=O)(=O)Nc2ccc(Cl)cc2C(F)(F)F)cc1NC(C)=O. The predicted octanol–water partition coefficient (Wildman–Crippen LogP) is 4.52. The molecule has 0 unspecified atom stereocenters. The topological polar surface area (TPSA) is 84.5 Å². The number of halogens is 4. The first-order chi connectivity index (χ1) is 12.9. The van der Waals surface area contributed by atoms with Crippen LogP contribution in [-0.4, -0.2) is 20.9 Å². The van der Waals surface area contributed by atoms with Gasteiger partial charge in [-0.15, -0.1) is 0 Å². The van der Waals surface area contributed by atoms with E-state index in [4.69, 9.17) is 16.3 Å². The van der Waals surface area contributed by atoms with Crippen molar-refractivity contribution in [2.75, 3.05) is 16.6 Å². The number of benzene rings is 2. The zero-order chi connectivity index (χ0) is 21.1. The molecule has 28 heavy (non-hydrogen) atoms. The van der Waals surface area contributed by atoms with Gasteiger partial charge < -0.3 is 10.1 Å². The molecule has 0 aromatic heterocycles. The number of anilines is 2. The molecule has 0 atom stereocenters. The van der Waals surface area contributed by atoms with E-state index in [1.807, 2.05) is 4.72 Å². The van der Waals surface area contributed by atoms with Crippen LogP contribution in [0, 0.1) is 0 Å². The summed E-state index contributed by atoms with van der Waals surface area (Å²) in [4.78, 5) is 11.0. The molecule has 2 aromatic rings. The third kappa shape index (κ3) is 5.29. The molecule has 1 amide bonds. The first-order valence-electron chi connectivity index (χ1n) is 7.88. The van der Waals surface area contributed by atoms with Gasteiger partial charge in [-0.05, 0) is 43.3 Å². The van der Waals surface area contributed by atoms with Crippen LogP contribution < -0.4 is 14.8 Å². The van der Waals surface area contributed by atoms with E-state index in [-0.39, 0.29) is 28.0 Å². The van der Waals surface area contributed by atoms with Crippen LogP contribution in [0.15, 0.2) is 41.3 Å². The van der Waals surface area contributed by atoms with Gasteiger partial charge >= 0.3 is 6.18 Å². The minimum absolute atomic E-state index is 0.0735. The number of alkyl halides is 3. The molecule has 11 heteroatoms. The monoisotopic (exact) mass is 436 g/mol. The summed E-state index contributed by atoms with van der Waals surface area (Å²) in [6, 6.07) is 6.23. The molecule has 0 bridgehead atoms. The van der Waals surface area contributed by atoms with Crippen LogP contribution in [0.5, 0.6) is 5.75 Å². The van der Waals surface area contributed by atoms with Crippen molar-refractivity contribution in [1.29, 1.82) is 0 Å². The van der Waals surface area contributed by atoms with Gasteiger partial charge in [0, 0.05) is 11.9 Å². The largest absolute Gasteiger partial charge is 0.492 e. The summed E-state index contributed by atoms with van der Waals surface area (Å²) < 4.78 is 72.0. The summed E-state index contributed by atoms with van der Waals surface area (Å²) in [5, 5.41) is 2.23. The highest BCUT2D eigenvalue weighted by Crippen LogP contribution is 2.37. The maximum Gasteiger partial charge on any atom is 0.418 e. The lowest BCUT2D eigenvalue weighted by Gasteiger charge is -2.16. The second-order valence-electron chi connectivity index (χ2n) is 5.57. The first-order valence-corrected chi connectivity index (χ1v) is 9.74. The standard InChI is InChI=1S/C17H16ClF3N2O4S/c1-3-27-16-7-5-12(9-15(16)22-10(2)24)28(25,26)23-14-6-4-11(18)8-13(14)17(19,20)21/h4-9,23H,3H2,1-2H3,(H,22,24). The Labute approximate surface area is 164 Å². The molecule has 0 heterocycles. The maximum absolute atomic E-state index is 13.2. The van der Waals surface area contributed by atoms with Gasteiger partial charge in [-0.1, -0.05) is 11.6 Å². The minimum Gasteiger partial charge on any atom is -0.492 e. The lowest BCUT2D eigenvalue weighted by molar-refractivity contribution is -0.136. The number of ether oxygens (including phenoxy) is 1. The molecule has 0 spiro atoms. The van der Waals surface area contributed by atoms with E-state index in [0.29, 0.717) is 6.07 Å². The Morgan fingerprint density at radius 3 is 2.39 bits per heavy atom. The minimum atomic E-state index is -4.82. The third-order valence-electron chi connectivity index (χ3n) is 3.40. The van der Waals surface area contributed by atoms with Crippen LogP contribution >= 0.6 is 11.6 Å². The second kappa shape index (κ2) is 8.27. The van der Waals surface area contributed by atoms with E-state index >= 15 is 0 Å². The van der Waals surface area contributed by atoms with Gasteiger partial charge in [-0.25, -0.2) is 8.42 Å². The molecule has 2 N–H and O–H groups in total. The Balaban J connectivity index is 2.47. The first kappa shape index (κ1) is 21.8. The quantitative estimate of drug-likeness (QED) is 0.697. The van der Waals surface area contributed by atoms with Crippen LogP contribution in [0.1, 0.15) is 19.4 Å². The fourth-order valence-corrected chi connectivity index (χ4v) is 3.57. The Morgan fingerprint density at radius 1 is 1.14 bits per heavy atom. The number of nitrogens with one attached hydrogen (secondary N) is 2. The molecule has 0 aliphatic carbocycles. The van der Waals surface area contributed by atoms with E-state index in [0.717, 1.165) is 24.3 Å². The van der Waals surface area contributed by atoms with E-state index < -0.39 is 33.4 Å². The lowest BCUT2D eigenvalue weighted by Crippen LogP contribution is -2.18. The van der Waals surface area contributed by atoms with Gasteiger partial charge in [-0.3, -0.25) is 9.52 Å². The van der Waals surface area contributed by atoms with E-state index in [1.165, 1.54) is 13.0 Å². The molecule has 0 radical (unpaired) electrons. The van der Waals surface area contributed by atoms with Crippen molar-refractivity contribution in [1.82, 2.24) is 0 Å². The zero-order valence-electron chi connectivity index (χ0n) is 14.7. The Kier molecular flexibility index (Phi) is 6.45. The summed E-state index contributed by atoms with van der Waals surface area (Å²) in [6.45, 7) is 3.18. The molecule has 0 saturated carbocycles. The van der Waals surface area contributed by atoms with Crippen molar-refractivity contribution in [2.45, 2.75) is 24.9 Å². The van der Waals surface area contributed by atoms with Gasteiger partial charge in [-0.2, -0.15) is 13.2 Å². The zero-order valence-corrected chi connectivity index (χ0v) is 16.3. The summed E-state index contributed by atoms with van der Waals surface area (Å²) in [5.74, 6) is -0.250. The highest BCUT2D eigenvalue weighted by molar-refractivity contribution is 7.92. The van der Waals surface area contributed by atoms with Crippen molar-refractivity contribution in [3.05, 3.63) is 47.0 Å². The van der Waals surface area contributed by atoms with Crippen molar-refractivity contribution in [2.24, 2.45) is 0 Å². The summed E-state index contributed by atoms with van der Waals surface area (Å²) in [7, 11) is -4.40. The number of amides is 1. The summed E-state index contributed by atoms with van der Waals surface area (Å²) >= 11 is 5.60. The smallest absolute Gasteiger partial charge is 0.418 e. The molecular weight excluding hydrogens is 421 g/mol. The normalized spacial score (nSPS) is 11.8. The molecule has 2 aromatic carbocycles. The molecular formula is C17H16ClF3N2O4S. The van der Waals surface area contributed by atoms with Gasteiger partial charge in [0.1, 0.15) is 5.75 Å². The van der Waals surface area contributed by atoms with E-state index in [1.54, 1.807) is 6.92 Å². The second-order valence-corrected chi connectivity index (χ2v) is 7.68. The molecule has 0 aliphatic rings. The molecule has 0 aliphatic heterocycles. The van der Waals surface area contributed by atoms with Crippen molar-refractivity contribution >= 4 is 38.9 Å². The van der Waals surface area contributed by atoms with Crippen molar-refractivity contribution < 1.29 is 31.1 Å². The number of hydrogen-bond acceptors (Lipinski definition) is 4. The van der Waals surface area contributed by atoms with E-state index in [2.05, 4.69) is 5.32 Å². The van der Waals surface area contributed by atoms with Gasteiger partial charge in [0.25, 0.3) is 10.0 Å². The van der Waals surface area contributed by atoms with Crippen LogP contribution in [0.25, 0.3) is 0 Å². The third-order valence-corrected chi connectivity index (χ3v) is 5.00. The number of rotatable bonds is 6. The van der Waals surface area contributed by atoms with E-state index in [9.17, 15) is 26.4 Å². The van der Waals surface area contributed by atoms with Crippen molar-refractivity contribution in [3.63, 3.8) is 0 Å². The highest BCUT2D eigenvalue weighted by Gasteiger charge is 2.35.